The van der Waals surface area contributed by atoms with Crippen LogP contribution in [0.15, 0.2) is 54.7 Å². The van der Waals surface area contributed by atoms with E-state index in [0.29, 0.717) is 5.56 Å². The number of hydrogen-bond acceptors (Lipinski definition) is 2. The smallest absolute Gasteiger partial charge is 0.231 e. The summed E-state index contributed by atoms with van der Waals surface area (Å²) in [5, 5.41) is 0.792. The van der Waals surface area contributed by atoms with E-state index in [0.717, 1.165) is 22.0 Å². The van der Waals surface area contributed by atoms with Gasteiger partial charge in [0.15, 0.2) is 0 Å². The molecule has 2 aromatic carbocycles. The Morgan fingerprint density at radius 3 is 2.12 bits per heavy atom. The third kappa shape index (κ3) is 5.45. The van der Waals surface area contributed by atoms with Crippen molar-refractivity contribution < 1.29 is 9.59 Å². The molecule has 3 nitrogen and oxygen atoms in total. The summed E-state index contributed by atoms with van der Waals surface area (Å²) < 4.78 is 0. The Kier molecular flexibility index (Phi) is 10.7. The summed E-state index contributed by atoms with van der Waals surface area (Å²) in [6, 6.07) is 15.1. The molecule has 0 atom stereocenters. The van der Waals surface area contributed by atoms with Gasteiger partial charge >= 0.3 is 0 Å². The molecule has 0 saturated heterocycles. The molecule has 3 aromatic rings. The van der Waals surface area contributed by atoms with E-state index in [9.17, 15) is 9.59 Å². The van der Waals surface area contributed by atoms with E-state index < -0.39 is 5.78 Å². The van der Waals surface area contributed by atoms with Crippen LogP contribution < -0.4 is 0 Å². The lowest BCUT2D eigenvalue weighted by molar-refractivity contribution is -0.114. The molecule has 26 heavy (non-hydrogen) atoms. The summed E-state index contributed by atoms with van der Waals surface area (Å²) in [5.41, 5.74) is 3.24. The number of carbonyl (C=O) groups excluding carboxylic acids is 2. The highest BCUT2D eigenvalue weighted by atomic mass is 16.2. The number of carbonyl (C=O) groups is 2. The minimum absolute atomic E-state index is 0. The first-order valence-corrected chi connectivity index (χ1v) is 8.85. The summed E-state index contributed by atoms with van der Waals surface area (Å²) in [6.07, 6.45) is 1.76. The average Bonchev–Trinajstić information content (AvgIpc) is 3.10. The molecule has 135 valence electrons. The molecule has 0 spiro atoms. The Bertz CT molecular complexity index is 837. The van der Waals surface area contributed by atoms with Gasteiger partial charge in [-0.25, -0.2) is 0 Å². The molecule has 0 amide bonds. The summed E-state index contributed by atoms with van der Waals surface area (Å²) in [7, 11) is 0. The van der Waals surface area contributed by atoms with E-state index >= 15 is 0 Å². The highest BCUT2D eigenvalue weighted by Crippen LogP contribution is 2.19. The monoisotopic (exact) mass is 348 g/mol. The van der Waals surface area contributed by atoms with Gasteiger partial charge in [-0.3, -0.25) is 9.59 Å². The molecule has 0 aliphatic rings. The predicted octanol–water partition coefficient (Wildman–Crippen LogP) is 5.14. The number of Topliss-reactive ketones (excluding diaryl/α,β-unsaturated/α-hetero) is 2. The highest BCUT2D eigenvalue weighted by molar-refractivity contribution is 6.46. The van der Waals surface area contributed by atoms with Crippen LogP contribution in [0.5, 0.6) is 0 Å². The second-order valence-electron chi connectivity index (χ2n) is 5.10. The zero-order chi connectivity index (χ0) is 18.8. The molecule has 1 heterocycles. The normalized spacial score (nSPS) is 9.12. The topological polar surface area (TPSA) is 49.9 Å². The molecule has 0 aliphatic carbocycles. The van der Waals surface area contributed by atoms with Gasteiger partial charge in [0.2, 0.25) is 11.6 Å². The fraction of sp³-hybridized carbons (Fsp3) is 0.273. The second-order valence-corrected chi connectivity index (χ2v) is 5.10. The van der Waals surface area contributed by atoms with E-state index in [1.165, 1.54) is 0 Å². The van der Waals surface area contributed by atoms with Crippen molar-refractivity contribution in [3.05, 3.63) is 71.4 Å². The first kappa shape index (κ1) is 23.4. The van der Waals surface area contributed by atoms with Gasteiger partial charge in [0.05, 0.1) is 5.56 Å². The molecule has 0 unspecified atom stereocenters. The minimum atomic E-state index is -0.435. The Balaban J connectivity index is 0.00000117. The van der Waals surface area contributed by atoms with Gasteiger partial charge in [-0.05, 0) is 24.1 Å². The van der Waals surface area contributed by atoms with Gasteiger partial charge in [0.1, 0.15) is 0 Å². The van der Waals surface area contributed by atoms with Gasteiger partial charge in [0.25, 0.3) is 0 Å². The molecule has 0 fully saturated rings. The maximum absolute atomic E-state index is 12.4. The predicted molar refractivity (Wildman–Crippen MR) is 111 cm³/mol. The molecular weight excluding hydrogens is 321 g/mol. The zero-order valence-corrected chi connectivity index (χ0v) is 16.3. The average molecular weight is 348 g/mol. The van der Waals surface area contributed by atoms with Crippen molar-refractivity contribution >= 4 is 30.9 Å². The van der Waals surface area contributed by atoms with Crippen LogP contribution in [0.4, 0.5) is 0 Å². The van der Waals surface area contributed by atoms with E-state index in [-0.39, 0.29) is 20.6 Å². The van der Waals surface area contributed by atoms with E-state index in [1.807, 2.05) is 83.1 Å². The first-order valence-electron chi connectivity index (χ1n) is 8.85. The number of benzene rings is 2. The second kappa shape index (κ2) is 11.9. The van der Waals surface area contributed by atoms with Crippen LogP contribution in [0.3, 0.4) is 0 Å². The Labute approximate surface area is 158 Å². The van der Waals surface area contributed by atoms with Crippen LogP contribution in [0.25, 0.3) is 10.9 Å². The van der Waals surface area contributed by atoms with Gasteiger partial charge in [-0.1, -0.05) is 70.2 Å². The maximum atomic E-state index is 12.4. The van der Waals surface area contributed by atoms with Crippen molar-refractivity contribution in [2.75, 3.05) is 0 Å². The van der Waals surface area contributed by atoms with Crippen molar-refractivity contribution in [1.29, 1.82) is 0 Å². The summed E-state index contributed by atoms with van der Waals surface area (Å²) in [5.74, 6) is -0.815. The molecule has 0 aliphatic heterocycles. The number of fused-ring (bicyclic) bond motifs is 1. The lowest BCUT2D eigenvalue weighted by atomic mass is 9.98. The lowest BCUT2D eigenvalue weighted by Crippen LogP contribution is -2.16. The number of aryl methyl sites for hydroxylation is 1. The van der Waals surface area contributed by atoms with E-state index in [1.54, 1.807) is 6.20 Å². The number of aromatic nitrogens is 1. The molecule has 1 N–H and O–H groups in total. The minimum Gasteiger partial charge on any atom is -0.360 e. The van der Waals surface area contributed by atoms with Crippen molar-refractivity contribution in [2.45, 2.75) is 41.0 Å². The molecule has 0 saturated carbocycles. The van der Waals surface area contributed by atoms with Crippen molar-refractivity contribution in [3.8, 4) is 0 Å². The van der Waals surface area contributed by atoms with Crippen molar-refractivity contribution in [2.24, 2.45) is 0 Å². The Hall–Kier alpha value is -2.62. The largest absolute Gasteiger partial charge is 0.360 e. The fourth-order valence-electron chi connectivity index (χ4n) is 2.47. The molecule has 4 heteroatoms. The maximum Gasteiger partial charge on any atom is 0.231 e. The van der Waals surface area contributed by atoms with Crippen LogP contribution in [-0.4, -0.2) is 25.0 Å². The molecule has 3 rings (SSSR count). The molecular formula is C22H27BNO2. The fourth-order valence-corrected chi connectivity index (χ4v) is 2.47. The van der Waals surface area contributed by atoms with Crippen molar-refractivity contribution in [3.63, 3.8) is 0 Å². The van der Waals surface area contributed by atoms with E-state index in [2.05, 4.69) is 4.98 Å². The van der Waals surface area contributed by atoms with Gasteiger partial charge in [-0.2, -0.15) is 0 Å². The highest BCUT2D eigenvalue weighted by Gasteiger charge is 2.20. The molecule has 3 radical (unpaired) electrons. The SMILES string of the molecule is CC.CC.Cc1ccccc1CC(=O)C(=O)c1c[nH]c2ccccc12.[B]. The molecule has 0 bridgehead atoms. The summed E-state index contributed by atoms with van der Waals surface area (Å²) in [4.78, 5) is 27.6. The van der Waals surface area contributed by atoms with Gasteiger partial charge < -0.3 is 4.98 Å². The van der Waals surface area contributed by atoms with Crippen LogP contribution >= 0.6 is 0 Å². The number of H-pyrrole nitrogens is 1. The summed E-state index contributed by atoms with van der Waals surface area (Å²) >= 11 is 0. The van der Waals surface area contributed by atoms with Crippen LogP contribution in [-0.2, 0) is 11.2 Å². The third-order valence-electron chi connectivity index (χ3n) is 3.70. The molecule has 1 aromatic heterocycles. The number of hydrogen-bond donors (Lipinski definition) is 1. The number of rotatable bonds is 4. The number of aromatic amines is 1. The Morgan fingerprint density at radius 2 is 1.46 bits per heavy atom. The lowest BCUT2D eigenvalue weighted by Gasteiger charge is -2.04. The zero-order valence-electron chi connectivity index (χ0n) is 16.3. The van der Waals surface area contributed by atoms with Crippen molar-refractivity contribution in [1.82, 2.24) is 4.98 Å². The number of ketones is 2. The standard InChI is InChI=1S/C18H15NO2.2C2H6.B/c1-12-6-2-3-7-13(12)10-17(20)18(21)15-11-19-16-9-5-4-8-14(15)16;2*1-2;/h2-9,11,19H,10H2,1H3;2*1-2H3;. The van der Waals surface area contributed by atoms with Gasteiger partial charge in [0, 0.05) is 31.9 Å². The Morgan fingerprint density at radius 1 is 0.885 bits per heavy atom. The van der Waals surface area contributed by atoms with Crippen LogP contribution in [0, 0.1) is 6.92 Å². The summed E-state index contributed by atoms with van der Waals surface area (Å²) in [6.45, 7) is 9.94. The quantitative estimate of drug-likeness (QED) is 0.403. The van der Waals surface area contributed by atoms with Gasteiger partial charge in [-0.15, -0.1) is 0 Å². The number of para-hydroxylation sites is 1. The van der Waals surface area contributed by atoms with Crippen LogP contribution in [0.1, 0.15) is 49.2 Å². The van der Waals surface area contributed by atoms with E-state index in [4.69, 9.17) is 0 Å². The number of nitrogens with one attached hydrogen (secondary N) is 1. The third-order valence-corrected chi connectivity index (χ3v) is 3.70. The van der Waals surface area contributed by atoms with Crippen LogP contribution in [0.2, 0.25) is 0 Å². The first-order chi connectivity index (χ1) is 12.2.